The predicted octanol–water partition coefficient (Wildman–Crippen LogP) is 3.87. The lowest BCUT2D eigenvalue weighted by molar-refractivity contribution is -0.137. The second-order valence-electron chi connectivity index (χ2n) is 9.99. The Hall–Kier alpha value is -3.13. The third kappa shape index (κ3) is 5.98. The van der Waals surface area contributed by atoms with Gasteiger partial charge in [-0.25, -0.2) is 4.79 Å². The van der Waals surface area contributed by atoms with Crippen LogP contribution in [0.5, 0.6) is 5.75 Å². The molecule has 1 aliphatic carbocycles. The number of hydrogen-bond donors (Lipinski definition) is 2. The zero-order valence-electron chi connectivity index (χ0n) is 22.0. The molecule has 2 aromatic rings. The van der Waals surface area contributed by atoms with Crippen LogP contribution in [0.3, 0.4) is 0 Å². The van der Waals surface area contributed by atoms with Crippen LogP contribution in [0.25, 0.3) is 0 Å². The van der Waals surface area contributed by atoms with E-state index in [-0.39, 0.29) is 23.4 Å². The van der Waals surface area contributed by atoms with Gasteiger partial charge in [-0.2, -0.15) is 0 Å². The van der Waals surface area contributed by atoms with E-state index in [4.69, 9.17) is 4.74 Å². The molecule has 2 N–H and O–H groups in total. The summed E-state index contributed by atoms with van der Waals surface area (Å²) in [5, 5.41) is 5.83. The number of nitrogens with one attached hydrogen (secondary N) is 2. The number of nitrogens with zero attached hydrogens (tertiary/aromatic N) is 3. The van der Waals surface area contributed by atoms with Crippen molar-refractivity contribution in [1.82, 2.24) is 20.1 Å². The number of methoxy groups -OCH3 is 1. The highest BCUT2D eigenvalue weighted by Gasteiger charge is 2.53. The molecule has 0 atom stereocenters. The van der Waals surface area contributed by atoms with Gasteiger partial charge in [0, 0.05) is 55.8 Å². The van der Waals surface area contributed by atoms with Gasteiger partial charge in [0.2, 0.25) is 5.91 Å². The monoisotopic (exact) mass is 493 g/mol. The summed E-state index contributed by atoms with van der Waals surface area (Å²) in [6, 6.07) is 11.8. The largest absolute Gasteiger partial charge is 0.497 e. The van der Waals surface area contributed by atoms with Gasteiger partial charge in [0.25, 0.3) is 0 Å². The number of ether oxygens (including phenoxy) is 1. The molecule has 2 fully saturated rings. The molecule has 2 aliphatic rings. The maximum absolute atomic E-state index is 13.7. The summed E-state index contributed by atoms with van der Waals surface area (Å²) >= 11 is 0. The van der Waals surface area contributed by atoms with E-state index in [2.05, 4.69) is 32.3 Å². The van der Waals surface area contributed by atoms with Crippen LogP contribution in [0.2, 0.25) is 0 Å². The number of benzene rings is 1. The molecule has 0 unspecified atom stereocenters. The van der Waals surface area contributed by atoms with Gasteiger partial charge in [-0.3, -0.25) is 9.78 Å². The SMILES string of the molecule is CCN(C(=O)C1(c2ccc(OC)cc2)CC1)C1CCN(CCNC(=O)Nc2cc(C)nc(C)c2)CC1. The van der Waals surface area contributed by atoms with E-state index in [9.17, 15) is 9.59 Å². The quantitative estimate of drug-likeness (QED) is 0.554. The van der Waals surface area contributed by atoms with Crippen molar-refractivity contribution >= 4 is 17.6 Å². The molecule has 0 bridgehead atoms. The molecule has 1 aliphatic heterocycles. The van der Waals surface area contributed by atoms with Crippen LogP contribution in [0.15, 0.2) is 36.4 Å². The lowest BCUT2D eigenvalue weighted by atomic mass is 9.92. The van der Waals surface area contributed by atoms with E-state index in [0.29, 0.717) is 6.54 Å². The van der Waals surface area contributed by atoms with Crippen molar-refractivity contribution in [2.24, 2.45) is 0 Å². The van der Waals surface area contributed by atoms with Crippen LogP contribution >= 0.6 is 0 Å². The summed E-state index contributed by atoms with van der Waals surface area (Å²) in [5.41, 5.74) is 3.26. The molecule has 3 amide bonds. The summed E-state index contributed by atoms with van der Waals surface area (Å²) in [6.45, 7) is 9.87. The Morgan fingerprint density at radius 3 is 2.31 bits per heavy atom. The number of carbonyl (C=O) groups excluding carboxylic acids is 2. The van der Waals surface area contributed by atoms with Gasteiger partial charge in [0.05, 0.1) is 12.5 Å². The molecule has 194 valence electrons. The first-order valence-electron chi connectivity index (χ1n) is 13.0. The number of aryl methyl sites for hydroxylation is 2. The Bertz CT molecular complexity index is 1040. The summed E-state index contributed by atoms with van der Waals surface area (Å²) in [5.74, 6) is 1.09. The number of aromatic nitrogens is 1. The Labute approximate surface area is 214 Å². The average Bonchev–Trinajstić information content (AvgIpc) is 3.67. The first kappa shape index (κ1) is 25.9. The van der Waals surface area contributed by atoms with Gasteiger partial charge in [-0.15, -0.1) is 0 Å². The van der Waals surface area contributed by atoms with Crippen molar-refractivity contribution in [2.45, 2.75) is 57.9 Å². The zero-order chi connectivity index (χ0) is 25.7. The highest BCUT2D eigenvalue weighted by molar-refractivity contribution is 5.91. The predicted molar refractivity (Wildman–Crippen MR) is 141 cm³/mol. The van der Waals surface area contributed by atoms with Gasteiger partial charge in [-0.1, -0.05) is 12.1 Å². The summed E-state index contributed by atoms with van der Waals surface area (Å²) in [4.78, 5) is 34.7. The van der Waals surface area contributed by atoms with E-state index in [1.54, 1.807) is 7.11 Å². The zero-order valence-corrected chi connectivity index (χ0v) is 22.0. The van der Waals surface area contributed by atoms with Crippen molar-refractivity contribution in [3.63, 3.8) is 0 Å². The minimum atomic E-state index is -0.359. The fourth-order valence-corrected chi connectivity index (χ4v) is 5.37. The lowest BCUT2D eigenvalue weighted by Crippen LogP contribution is -2.51. The molecule has 1 saturated heterocycles. The molecule has 1 saturated carbocycles. The van der Waals surface area contributed by atoms with Crippen molar-refractivity contribution in [3.05, 3.63) is 53.3 Å². The molecular formula is C28H39N5O3. The number of rotatable bonds is 9. The Morgan fingerprint density at radius 1 is 1.11 bits per heavy atom. The van der Waals surface area contributed by atoms with E-state index >= 15 is 0 Å². The fourth-order valence-electron chi connectivity index (χ4n) is 5.37. The van der Waals surface area contributed by atoms with Crippen LogP contribution in [-0.2, 0) is 10.2 Å². The number of piperidine rings is 1. The van der Waals surface area contributed by atoms with Crippen molar-refractivity contribution in [3.8, 4) is 5.75 Å². The lowest BCUT2D eigenvalue weighted by Gasteiger charge is -2.39. The number of carbonyl (C=O) groups is 2. The molecule has 8 heteroatoms. The number of pyridine rings is 1. The molecule has 0 spiro atoms. The molecule has 1 aromatic heterocycles. The minimum Gasteiger partial charge on any atom is -0.497 e. The third-order valence-corrected chi connectivity index (χ3v) is 7.45. The Kier molecular flexibility index (Phi) is 8.14. The van der Waals surface area contributed by atoms with Crippen LogP contribution in [0.1, 0.15) is 49.6 Å². The molecule has 1 aromatic carbocycles. The summed E-state index contributed by atoms with van der Waals surface area (Å²) in [6.07, 6.45) is 3.75. The van der Waals surface area contributed by atoms with Crippen molar-refractivity contribution in [1.29, 1.82) is 0 Å². The number of hydrogen-bond acceptors (Lipinski definition) is 5. The smallest absolute Gasteiger partial charge is 0.319 e. The Balaban J connectivity index is 1.23. The molecule has 2 heterocycles. The summed E-state index contributed by atoms with van der Waals surface area (Å²) in [7, 11) is 1.66. The van der Waals surface area contributed by atoms with Crippen molar-refractivity contribution in [2.75, 3.05) is 45.2 Å². The van der Waals surface area contributed by atoms with Gasteiger partial charge in [0.1, 0.15) is 5.75 Å². The van der Waals surface area contributed by atoms with Gasteiger partial charge >= 0.3 is 6.03 Å². The molecular weight excluding hydrogens is 454 g/mol. The number of anilines is 1. The maximum Gasteiger partial charge on any atom is 0.319 e. The number of urea groups is 1. The van der Waals surface area contributed by atoms with Gasteiger partial charge in [-0.05, 0) is 76.3 Å². The van der Waals surface area contributed by atoms with E-state index in [0.717, 1.165) is 80.3 Å². The number of likely N-dealkylation sites (tertiary alicyclic amines) is 1. The average molecular weight is 494 g/mol. The van der Waals surface area contributed by atoms with Gasteiger partial charge in [0.15, 0.2) is 0 Å². The number of amides is 3. The van der Waals surface area contributed by atoms with Crippen LogP contribution in [-0.4, -0.2) is 72.6 Å². The van der Waals surface area contributed by atoms with Crippen molar-refractivity contribution < 1.29 is 14.3 Å². The second-order valence-corrected chi connectivity index (χ2v) is 9.99. The maximum atomic E-state index is 13.7. The minimum absolute atomic E-state index is 0.203. The highest BCUT2D eigenvalue weighted by atomic mass is 16.5. The first-order chi connectivity index (χ1) is 17.3. The van der Waals surface area contributed by atoms with Crippen LogP contribution in [0.4, 0.5) is 10.5 Å². The Morgan fingerprint density at radius 2 is 1.75 bits per heavy atom. The summed E-state index contributed by atoms with van der Waals surface area (Å²) < 4.78 is 5.28. The molecule has 8 nitrogen and oxygen atoms in total. The molecule has 0 radical (unpaired) electrons. The third-order valence-electron chi connectivity index (χ3n) is 7.45. The van der Waals surface area contributed by atoms with Crippen LogP contribution in [0, 0.1) is 13.8 Å². The van der Waals surface area contributed by atoms with Crippen LogP contribution < -0.4 is 15.4 Å². The second kappa shape index (κ2) is 11.3. The highest BCUT2D eigenvalue weighted by Crippen LogP contribution is 2.50. The topological polar surface area (TPSA) is 86.8 Å². The molecule has 4 rings (SSSR count). The number of likely N-dealkylation sites (N-methyl/N-ethyl adjacent to an activating group) is 1. The van der Waals surface area contributed by atoms with E-state index in [1.807, 2.05) is 50.2 Å². The normalized spacial score (nSPS) is 17.3. The first-order valence-corrected chi connectivity index (χ1v) is 13.0. The van der Waals surface area contributed by atoms with E-state index < -0.39 is 0 Å². The van der Waals surface area contributed by atoms with Gasteiger partial charge < -0.3 is 25.2 Å². The standard InChI is InChI=1S/C28H39N5O3/c1-5-33(26(34)28(12-13-28)22-6-8-25(36-4)9-7-22)24-10-15-32(16-11-24)17-14-29-27(35)31-23-18-20(2)30-21(3)19-23/h6-9,18-19,24H,5,10-17H2,1-4H3,(H2,29,30,31,35). The fraction of sp³-hybridized carbons (Fsp3) is 0.536. The molecule has 36 heavy (non-hydrogen) atoms. The van der Waals surface area contributed by atoms with E-state index in [1.165, 1.54) is 0 Å².